The Bertz CT molecular complexity index is 6450. The molecule has 1 N–H and O–H groups in total. The SMILES string of the molecule is COc1cc(F)c(C(C)C)cc1-c1cnc(N(C)C)nc1CN1C(=O)OC(c2cc(C(F)(F)F)cc(C(F)(F)F)c2)C12CC2.COc1cc(F)c(C(C)C)cc1-c1cnc(N(C)C)nc1CN1C(=O)OC(c2cc(C(F)(F)F)cc(C(F)(F)F)c2)C12CCC2.COc1ccc(-c2ccc(C(=O)O)cc2C)cc1-c1cnc(N2CC(F)C2)nc1CN1C(=O)O[C@H](c2cc(C(F)(F)F)cc(C(F)(F)F)c2)C12CCC2. The summed E-state index contributed by atoms with van der Waals surface area (Å²) in [6.45, 7) is 8.38. The number of carbonyl (C=O) groups is 4. The van der Waals surface area contributed by atoms with E-state index in [0.717, 1.165) is 0 Å². The van der Waals surface area contributed by atoms with Crippen molar-refractivity contribution in [1.29, 1.82) is 0 Å². The molecule has 3 amide bonds. The predicted octanol–water partition coefficient (Wildman–Crippen LogP) is 24.5. The van der Waals surface area contributed by atoms with Crippen molar-refractivity contribution in [2.45, 2.75) is 196 Å². The number of aromatic nitrogens is 6. The molecule has 7 aromatic carbocycles. The maximum atomic E-state index is 14.9. The van der Waals surface area contributed by atoms with Gasteiger partial charge >= 0.3 is 61.3 Å². The molecule has 23 nitrogen and oxygen atoms in total. The van der Waals surface area contributed by atoms with Crippen molar-refractivity contribution in [2.24, 2.45) is 0 Å². The van der Waals surface area contributed by atoms with Crippen LogP contribution in [0.4, 0.5) is 124 Å². The Balaban J connectivity index is 0.000000162. The molecular weight excluding hydrogens is 1920 g/mol. The molecule has 0 radical (unpaired) electrons. The van der Waals surface area contributed by atoms with E-state index in [0.29, 0.717) is 128 Å². The lowest BCUT2D eigenvalue weighted by Crippen LogP contribution is -2.53. The number of halogens is 21. The number of cyclic esters (lactones) is 3. The quantitative estimate of drug-likeness (QED) is 0.0490. The molecule has 7 aliphatic rings. The van der Waals surface area contributed by atoms with Crippen molar-refractivity contribution in [3.63, 3.8) is 0 Å². The summed E-state index contributed by atoms with van der Waals surface area (Å²) in [7, 11) is 11.0. The van der Waals surface area contributed by atoms with Crippen molar-refractivity contribution >= 4 is 42.1 Å². The minimum atomic E-state index is -5.10. The number of carboxylic acid groups (broad SMARTS) is 1. The highest BCUT2D eigenvalue weighted by Gasteiger charge is 2.65. The van der Waals surface area contributed by atoms with Gasteiger partial charge in [-0.15, -0.1) is 0 Å². The first kappa shape index (κ1) is 103. The van der Waals surface area contributed by atoms with Crippen LogP contribution in [0.25, 0.3) is 44.5 Å². The highest BCUT2D eigenvalue weighted by Crippen LogP contribution is 2.61. The third-order valence-electron chi connectivity index (χ3n) is 26.5. The number of carbonyl (C=O) groups excluding carboxylic acids is 3. The molecule has 7 fully saturated rings. The van der Waals surface area contributed by atoms with Gasteiger partial charge in [-0.25, -0.2) is 62.3 Å². The number of nitrogens with zero attached hydrogens (tertiary/aromatic N) is 12. The molecule has 7 heterocycles. The molecule has 17 rings (SSSR count). The van der Waals surface area contributed by atoms with Crippen LogP contribution in [0.5, 0.6) is 17.2 Å². The van der Waals surface area contributed by atoms with Gasteiger partial charge in [0.25, 0.3) is 0 Å². The number of alkyl halides is 19. The van der Waals surface area contributed by atoms with E-state index in [4.69, 9.17) is 33.4 Å². The van der Waals surface area contributed by atoms with Gasteiger partial charge in [0.15, 0.2) is 18.3 Å². The molecule has 3 aliphatic carbocycles. The first-order valence-corrected chi connectivity index (χ1v) is 44.3. The molecule has 756 valence electrons. The number of carboxylic acids is 1. The smallest absolute Gasteiger partial charge is 0.416 e. The zero-order valence-electron chi connectivity index (χ0n) is 77.7. The fourth-order valence-corrected chi connectivity index (χ4v) is 18.7. The number of aromatic carboxylic acids is 1. The number of rotatable bonds is 22. The van der Waals surface area contributed by atoms with Crippen LogP contribution >= 0.6 is 0 Å². The van der Waals surface area contributed by atoms with Gasteiger partial charge in [-0.1, -0.05) is 39.8 Å². The molecule has 142 heavy (non-hydrogen) atoms. The van der Waals surface area contributed by atoms with Crippen molar-refractivity contribution in [1.82, 2.24) is 44.6 Å². The molecular formula is C98H91F21N12O11. The highest BCUT2D eigenvalue weighted by molar-refractivity contribution is 5.90. The Morgan fingerprint density at radius 3 is 1.05 bits per heavy atom. The number of ether oxygens (including phenoxy) is 6. The van der Waals surface area contributed by atoms with Crippen molar-refractivity contribution in [3.8, 4) is 61.8 Å². The van der Waals surface area contributed by atoms with Crippen LogP contribution < -0.4 is 28.9 Å². The summed E-state index contributed by atoms with van der Waals surface area (Å²) >= 11 is 0. The first-order valence-electron chi connectivity index (χ1n) is 44.3. The number of hydrogen-bond donors (Lipinski definition) is 1. The van der Waals surface area contributed by atoms with Gasteiger partial charge in [0, 0.05) is 92.3 Å². The number of anilines is 3. The van der Waals surface area contributed by atoms with Crippen LogP contribution in [0.3, 0.4) is 0 Å². The van der Waals surface area contributed by atoms with Gasteiger partial charge < -0.3 is 48.2 Å². The predicted molar refractivity (Wildman–Crippen MR) is 472 cm³/mol. The summed E-state index contributed by atoms with van der Waals surface area (Å²) in [6, 6.07) is 19.3. The summed E-state index contributed by atoms with van der Waals surface area (Å²) in [5, 5.41) is 9.44. The van der Waals surface area contributed by atoms with Crippen LogP contribution in [-0.4, -0.2) is 159 Å². The van der Waals surface area contributed by atoms with Crippen LogP contribution in [0.1, 0.15) is 203 Å². The largest absolute Gasteiger partial charge is 0.496 e. The standard InChI is InChI=1S/C37H31F7N4O5.C31H31F7N4O3.C30H29F7N4O3/c1-19-10-21(32(49)50)4-6-26(19)20-5-7-30(52-2)27(13-20)28-15-45-33(47-16-25(38)17-47)46-29(28)18-48-34(51)53-31(35(48)8-3-9-35)22-11-23(36(39,40)41)14-24(12-22)37(42,43)44;1-16(2)20-12-21(25(44-5)13-23(20)32)22-14-39-27(41(3)4)40-24(22)15-42-28(43)45-26(29(42)7-6-8-29)17-9-18(30(33,34)35)11-19(10-17)31(36,37)38;1-15(2)19-11-20(24(43-5)12-22(19)31)21-13-38-26(40(3)4)39-23(21)14-41-27(42)44-25(28(41)6-7-28)16-8-17(29(32,33)34)10-18(9-16)30(35,36)37/h4-7,10-15,25,31H,3,8-9,16-18H2,1-2H3,(H,49,50);9-14,16,26H,6-8,15H2,1-5H3;8-13,15,25H,6-7,14H2,1-5H3/t31-;;/m1../s1. The average molecular weight is 2010 g/mol. The number of aryl methyl sites for hydroxylation is 1. The lowest BCUT2D eigenvalue weighted by Gasteiger charge is -2.46. The minimum absolute atomic E-state index is 0.0259. The second-order valence-corrected chi connectivity index (χ2v) is 36.7. The van der Waals surface area contributed by atoms with E-state index in [1.54, 1.807) is 86.2 Å². The van der Waals surface area contributed by atoms with Gasteiger partial charge in [-0.05, 0) is 206 Å². The lowest BCUT2D eigenvalue weighted by atomic mass is 9.70. The summed E-state index contributed by atoms with van der Waals surface area (Å²) in [5.41, 5.74) is -7.58. The molecule has 10 aromatic rings. The minimum Gasteiger partial charge on any atom is -0.496 e. The van der Waals surface area contributed by atoms with Gasteiger partial charge in [0.2, 0.25) is 17.8 Å². The average Bonchev–Trinajstić information content (AvgIpc) is 1.54. The Labute approximate surface area is 797 Å². The Kier molecular flexibility index (Phi) is 27.5. The van der Waals surface area contributed by atoms with E-state index in [9.17, 15) is 116 Å². The Hall–Kier alpha value is -13.6. The van der Waals surface area contributed by atoms with Crippen molar-refractivity contribution < 1.29 is 145 Å². The van der Waals surface area contributed by atoms with Crippen LogP contribution in [0.2, 0.25) is 0 Å². The molecule has 3 atom stereocenters. The lowest BCUT2D eigenvalue weighted by molar-refractivity contribution is -0.145. The second kappa shape index (κ2) is 38.0. The van der Waals surface area contributed by atoms with Crippen molar-refractivity contribution in [3.05, 3.63) is 235 Å². The molecule has 4 aliphatic heterocycles. The van der Waals surface area contributed by atoms with Crippen LogP contribution in [-0.2, 0) is 70.9 Å². The molecule has 3 spiro atoms. The zero-order valence-corrected chi connectivity index (χ0v) is 77.7. The van der Waals surface area contributed by atoms with Crippen LogP contribution in [0.15, 0.2) is 134 Å². The number of methoxy groups -OCH3 is 3. The third-order valence-corrected chi connectivity index (χ3v) is 26.5. The third kappa shape index (κ3) is 20.1. The maximum Gasteiger partial charge on any atom is 0.416 e. The van der Waals surface area contributed by atoms with Gasteiger partial charge in [-0.3, -0.25) is 14.7 Å². The fraction of sp³-hybridized carbons (Fsp3) is 0.408. The molecule has 44 heteroatoms. The fourth-order valence-electron chi connectivity index (χ4n) is 18.7. The number of hydrogen-bond acceptors (Lipinski definition) is 19. The molecule has 3 aromatic heterocycles. The first-order chi connectivity index (χ1) is 66.4. The van der Waals surface area contributed by atoms with E-state index in [-0.39, 0.29) is 142 Å². The topological polar surface area (TPSA) is 241 Å². The van der Waals surface area contributed by atoms with Gasteiger partial charge in [0.1, 0.15) is 35.1 Å². The second-order valence-electron chi connectivity index (χ2n) is 36.7. The molecule has 3 saturated carbocycles. The Morgan fingerprint density at radius 1 is 0.430 bits per heavy atom. The zero-order chi connectivity index (χ0) is 103. The summed E-state index contributed by atoms with van der Waals surface area (Å²) in [5.74, 6) is -0.968. The van der Waals surface area contributed by atoms with Crippen LogP contribution in [0, 0.1) is 18.6 Å². The molecule has 4 saturated heterocycles. The maximum absolute atomic E-state index is 14.9. The van der Waals surface area contributed by atoms with E-state index in [1.165, 1.54) is 78.9 Å². The number of amides is 3. The van der Waals surface area contributed by atoms with Gasteiger partial charge in [0.05, 0.1) is 127 Å². The monoisotopic (exact) mass is 2010 g/mol. The van der Waals surface area contributed by atoms with E-state index in [1.807, 2.05) is 27.7 Å². The van der Waals surface area contributed by atoms with Gasteiger partial charge in [-0.2, -0.15) is 79.0 Å². The molecule has 2 unspecified atom stereocenters. The Morgan fingerprint density at radius 2 is 0.761 bits per heavy atom. The van der Waals surface area contributed by atoms with E-state index >= 15 is 0 Å². The highest BCUT2D eigenvalue weighted by atomic mass is 19.4. The summed E-state index contributed by atoms with van der Waals surface area (Å²) < 4.78 is 324. The summed E-state index contributed by atoms with van der Waals surface area (Å²) in [4.78, 5) is 87.9. The summed E-state index contributed by atoms with van der Waals surface area (Å²) in [6.07, 6.45) is -31.4. The van der Waals surface area contributed by atoms with Crippen molar-refractivity contribution in [2.75, 3.05) is 77.3 Å². The van der Waals surface area contributed by atoms with E-state index in [2.05, 4.69) is 24.9 Å². The number of benzene rings is 7. The normalized spacial score (nSPS) is 18.1. The van der Waals surface area contributed by atoms with E-state index < -0.39 is 164 Å². The molecule has 0 bridgehead atoms.